The SMILES string of the molecule is CC(C)(C)OC(=O)NC(Cc1ccccc1)C(O)CC(Cc1cccc(C#N)c1)C(=O)O. The molecule has 3 unspecified atom stereocenters. The molecule has 1 amide bonds. The number of aliphatic hydroxyl groups excluding tert-OH is 1. The Morgan fingerprint density at radius 2 is 1.72 bits per heavy atom. The molecule has 0 aliphatic carbocycles. The number of nitrogens with zero attached hydrogens (tertiary/aromatic N) is 1. The van der Waals surface area contributed by atoms with Gasteiger partial charge in [0.1, 0.15) is 5.60 Å². The molecule has 2 aromatic rings. The van der Waals surface area contributed by atoms with Crippen molar-refractivity contribution in [1.82, 2.24) is 5.32 Å². The summed E-state index contributed by atoms with van der Waals surface area (Å²) in [6, 6.07) is 17.4. The molecule has 0 aliphatic rings. The van der Waals surface area contributed by atoms with Gasteiger partial charge < -0.3 is 20.3 Å². The van der Waals surface area contributed by atoms with Gasteiger partial charge in [-0.1, -0.05) is 42.5 Å². The molecule has 3 atom stereocenters. The van der Waals surface area contributed by atoms with E-state index in [1.807, 2.05) is 36.4 Å². The van der Waals surface area contributed by atoms with Crippen LogP contribution >= 0.6 is 0 Å². The summed E-state index contributed by atoms with van der Waals surface area (Å²) < 4.78 is 5.32. The number of nitrogens with one attached hydrogen (secondary N) is 1. The number of carboxylic acids is 1. The summed E-state index contributed by atoms with van der Waals surface area (Å²) >= 11 is 0. The lowest BCUT2D eigenvalue weighted by Crippen LogP contribution is -2.47. The third kappa shape index (κ3) is 8.40. The summed E-state index contributed by atoms with van der Waals surface area (Å²) in [7, 11) is 0. The van der Waals surface area contributed by atoms with Crippen molar-refractivity contribution in [2.24, 2.45) is 5.92 Å². The van der Waals surface area contributed by atoms with E-state index in [4.69, 9.17) is 10.00 Å². The van der Waals surface area contributed by atoms with Crippen molar-refractivity contribution in [3.63, 3.8) is 0 Å². The van der Waals surface area contributed by atoms with Gasteiger partial charge >= 0.3 is 12.1 Å². The van der Waals surface area contributed by atoms with E-state index in [0.29, 0.717) is 17.5 Å². The third-order valence-corrected chi connectivity index (χ3v) is 4.88. The van der Waals surface area contributed by atoms with Crippen molar-refractivity contribution in [1.29, 1.82) is 5.26 Å². The standard InChI is InChI=1S/C25H30N2O5/c1-25(2,3)32-24(31)27-21(14-17-8-5-4-6-9-17)22(28)15-20(23(29)30)13-18-10-7-11-19(12-18)16-26/h4-12,20-22,28H,13-15H2,1-3H3,(H,27,31)(H,29,30). The minimum Gasteiger partial charge on any atom is -0.481 e. The summed E-state index contributed by atoms with van der Waals surface area (Å²) in [6.07, 6.45) is -1.39. The van der Waals surface area contributed by atoms with Gasteiger partial charge in [0.15, 0.2) is 0 Å². The topological polar surface area (TPSA) is 120 Å². The Labute approximate surface area is 188 Å². The van der Waals surface area contributed by atoms with Crippen LogP contribution in [0.15, 0.2) is 54.6 Å². The number of hydrogen-bond acceptors (Lipinski definition) is 5. The Hall–Kier alpha value is -3.37. The highest BCUT2D eigenvalue weighted by atomic mass is 16.6. The molecule has 0 bridgehead atoms. The second kappa shape index (κ2) is 11.3. The lowest BCUT2D eigenvalue weighted by molar-refractivity contribution is -0.143. The smallest absolute Gasteiger partial charge is 0.407 e. The maximum Gasteiger partial charge on any atom is 0.407 e. The van der Waals surface area contributed by atoms with Crippen LogP contribution in [0.3, 0.4) is 0 Å². The predicted octanol–water partition coefficient (Wildman–Crippen LogP) is 3.69. The number of benzene rings is 2. The number of carbonyl (C=O) groups excluding carboxylic acids is 1. The molecule has 3 N–H and O–H groups in total. The number of alkyl carbamates (subject to hydrolysis) is 1. The Kier molecular flexibility index (Phi) is 8.80. The zero-order valence-electron chi connectivity index (χ0n) is 18.6. The van der Waals surface area contributed by atoms with Gasteiger partial charge in [0, 0.05) is 0 Å². The third-order valence-electron chi connectivity index (χ3n) is 4.88. The molecule has 0 aromatic heterocycles. The molecular weight excluding hydrogens is 408 g/mol. The summed E-state index contributed by atoms with van der Waals surface area (Å²) in [4.78, 5) is 24.2. The van der Waals surface area contributed by atoms with Crippen LogP contribution in [0, 0.1) is 17.2 Å². The van der Waals surface area contributed by atoms with Crippen molar-refractivity contribution in [3.05, 3.63) is 71.3 Å². The van der Waals surface area contributed by atoms with E-state index < -0.39 is 35.7 Å². The van der Waals surface area contributed by atoms with E-state index in [-0.39, 0.29) is 12.8 Å². The molecule has 170 valence electrons. The molecule has 2 rings (SSSR count). The van der Waals surface area contributed by atoms with Crippen molar-refractivity contribution in [2.45, 2.75) is 57.8 Å². The molecule has 0 spiro atoms. The van der Waals surface area contributed by atoms with Crippen LogP contribution in [0.2, 0.25) is 0 Å². The van der Waals surface area contributed by atoms with E-state index in [1.165, 1.54) is 0 Å². The van der Waals surface area contributed by atoms with Crippen LogP contribution in [-0.2, 0) is 22.4 Å². The molecule has 32 heavy (non-hydrogen) atoms. The average Bonchev–Trinajstić information content (AvgIpc) is 2.72. The number of nitriles is 1. The summed E-state index contributed by atoms with van der Waals surface area (Å²) in [5.41, 5.74) is 1.33. The van der Waals surface area contributed by atoms with E-state index in [2.05, 4.69) is 5.32 Å². The number of ether oxygens (including phenoxy) is 1. The van der Waals surface area contributed by atoms with Crippen LogP contribution in [-0.4, -0.2) is 40.0 Å². The lowest BCUT2D eigenvalue weighted by atomic mass is 9.89. The second-order valence-electron chi connectivity index (χ2n) is 8.80. The number of amides is 1. The van der Waals surface area contributed by atoms with Crippen LogP contribution in [0.5, 0.6) is 0 Å². The number of aliphatic hydroxyl groups is 1. The molecule has 0 heterocycles. The Morgan fingerprint density at radius 3 is 2.31 bits per heavy atom. The number of carboxylic acid groups (broad SMARTS) is 1. The zero-order chi connectivity index (χ0) is 23.7. The molecular formula is C25H30N2O5. The molecule has 0 saturated carbocycles. The van der Waals surface area contributed by atoms with Crippen molar-refractivity contribution in [3.8, 4) is 6.07 Å². The van der Waals surface area contributed by atoms with Gasteiger partial charge in [-0.15, -0.1) is 0 Å². The fourth-order valence-electron chi connectivity index (χ4n) is 3.39. The first-order valence-electron chi connectivity index (χ1n) is 10.5. The first-order chi connectivity index (χ1) is 15.1. The van der Waals surface area contributed by atoms with E-state index in [0.717, 1.165) is 5.56 Å². The van der Waals surface area contributed by atoms with Gasteiger partial charge in [0.25, 0.3) is 0 Å². The maximum atomic E-state index is 12.4. The molecule has 7 heteroatoms. The van der Waals surface area contributed by atoms with Crippen molar-refractivity contribution < 1.29 is 24.5 Å². The van der Waals surface area contributed by atoms with Gasteiger partial charge in [-0.05, 0) is 63.3 Å². The van der Waals surface area contributed by atoms with E-state index in [9.17, 15) is 19.8 Å². The highest BCUT2D eigenvalue weighted by Gasteiger charge is 2.30. The first-order valence-corrected chi connectivity index (χ1v) is 10.5. The monoisotopic (exact) mass is 438 g/mol. The van der Waals surface area contributed by atoms with Gasteiger partial charge in [-0.3, -0.25) is 4.79 Å². The highest BCUT2D eigenvalue weighted by molar-refractivity contribution is 5.71. The Bertz CT molecular complexity index is 947. The second-order valence-corrected chi connectivity index (χ2v) is 8.80. The summed E-state index contributed by atoms with van der Waals surface area (Å²) in [6.45, 7) is 5.22. The maximum absolute atomic E-state index is 12.4. The van der Waals surface area contributed by atoms with E-state index >= 15 is 0 Å². The number of hydrogen-bond donors (Lipinski definition) is 3. The predicted molar refractivity (Wildman–Crippen MR) is 120 cm³/mol. The largest absolute Gasteiger partial charge is 0.481 e. The van der Waals surface area contributed by atoms with Crippen molar-refractivity contribution in [2.75, 3.05) is 0 Å². The first kappa shape index (κ1) is 24.9. The highest BCUT2D eigenvalue weighted by Crippen LogP contribution is 2.20. The number of carbonyl (C=O) groups is 2. The zero-order valence-corrected chi connectivity index (χ0v) is 18.6. The normalized spacial score (nSPS) is 14.0. The molecule has 0 radical (unpaired) electrons. The van der Waals surface area contributed by atoms with Crippen LogP contribution in [0.1, 0.15) is 43.9 Å². The van der Waals surface area contributed by atoms with Crippen LogP contribution in [0.25, 0.3) is 0 Å². The van der Waals surface area contributed by atoms with Crippen LogP contribution in [0.4, 0.5) is 4.79 Å². The number of rotatable bonds is 9. The minimum absolute atomic E-state index is 0.0700. The molecule has 0 saturated heterocycles. The quantitative estimate of drug-likeness (QED) is 0.549. The molecule has 2 aromatic carbocycles. The van der Waals surface area contributed by atoms with Gasteiger partial charge in [-0.25, -0.2) is 4.79 Å². The lowest BCUT2D eigenvalue weighted by Gasteiger charge is -2.28. The number of aliphatic carboxylic acids is 1. The molecule has 0 fully saturated rings. The molecule has 0 aliphatic heterocycles. The van der Waals surface area contributed by atoms with E-state index in [1.54, 1.807) is 45.0 Å². The van der Waals surface area contributed by atoms with Crippen molar-refractivity contribution >= 4 is 12.1 Å². The van der Waals surface area contributed by atoms with Crippen LogP contribution < -0.4 is 5.32 Å². The van der Waals surface area contributed by atoms with Gasteiger partial charge in [-0.2, -0.15) is 5.26 Å². The summed E-state index contributed by atoms with van der Waals surface area (Å²) in [5, 5.41) is 32.4. The minimum atomic E-state index is -1.12. The fraction of sp³-hybridized carbons (Fsp3) is 0.400. The van der Waals surface area contributed by atoms with Gasteiger partial charge in [0.05, 0.1) is 29.7 Å². The Morgan fingerprint density at radius 1 is 1.06 bits per heavy atom. The molecule has 7 nitrogen and oxygen atoms in total. The van der Waals surface area contributed by atoms with Gasteiger partial charge in [0.2, 0.25) is 0 Å². The summed E-state index contributed by atoms with van der Waals surface area (Å²) in [5.74, 6) is -1.94. The Balaban J connectivity index is 2.17. The fourth-order valence-corrected chi connectivity index (χ4v) is 3.39. The average molecular weight is 439 g/mol.